The molecule has 4 atom stereocenters. The molecular formula is C12H19NO. The van der Waals surface area contributed by atoms with Crippen LogP contribution in [0.15, 0.2) is 0 Å². The minimum atomic E-state index is 0.192. The molecule has 3 saturated carbocycles. The van der Waals surface area contributed by atoms with Gasteiger partial charge in [-0.05, 0) is 49.4 Å². The smallest absolute Gasteiger partial charge is 0.207 e. The van der Waals surface area contributed by atoms with E-state index in [1.54, 1.807) is 0 Å². The van der Waals surface area contributed by atoms with Crippen molar-refractivity contribution in [1.82, 2.24) is 5.32 Å². The van der Waals surface area contributed by atoms with Gasteiger partial charge in [0, 0.05) is 5.54 Å². The van der Waals surface area contributed by atoms with Crippen LogP contribution in [0.5, 0.6) is 0 Å². The first kappa shape index (κ1) is 8.75. The lowest BCUT2D eigenvalue weighted by atomic mass is 9.64. The first-order valence-electron chi connectivity index (χ1n) is 5.94. The quantitative estimate of drug-likeness (QED) is 0.668. The van der Waals surface area contributed by atoms with Crippen molar-refractivity contribution in [2.45, 2.75) is 51.0 Å². The Morgan fingerprint density at radius 3 is 2.86 bits per heavy atom. The second kappa shape index (κ2) is 2.53. The Labute approximate surface area is 85.4 Å². The van der Waals surface area contributed by atoms with Crippen molar-refractivity contribution in [2.24, 2.45) is 17.3 Å². The number of hydrogen-bond acceptors (Lipinski definition) is 1. The van der Waals surface area contributed by atoms with Crippen molar-refractivity contribution < 1.29 is 4.79 Å². The molecule has 2 nitrogen and oxygen atoms in total. The molecule has 0 aromatic carbocycles. The highest BCUT2D eigenvalue weighted by molar-refractivity contribution is 5.50. The van der Waals surface area contributed by atoms with Crippen LogP contribution < -0.4 is 5.32 Å². The first-order chi connectivity index (χ1) is 6.73. The summed E-state index contributed by atoms with van der Waals surface area (Å²) in [5.74, 6) is 1.67. The zero-order valence-corrected chi connectivity index (χ0v) is 8.88. The lowest BCUT2D eigenvalue weighted by Crippen LogP contribution is -2.57. The highest BCUT2D eigenvalue weighted by Crippen LogP contribution is 2.67. The normalized spacial score (nSPS) is 54.6. The van der Waals surface area contributed by atoms with E-state index in [2.05, 4.69) is 12.2 Å². The van der Waals surface area contributed by atoms with E-state index < -0.39 is 0 Å². The maximum atomic E-state index is 10.8. The van der Waals surface area contributed by atoms with Gasteiger partial charge < -0.3 is 5.32 Å². The number of carbonyl (C=O) groups is 1. The average molecular weight is 193 g/mol. The van der Waals surface area contributed by atoms with Crippen molar-refractivity contribution in [3.63, 3.8) is 0 Å². The minimum absolute atomic E-state index is 0.192. The summed E-state index contributed by atoms with van der Waals surface area (Å²) in [5.41, 5.74) is 0.620. The van der Waals surface area contributed by atoms with Gasteiger partial charge in [-0.2, -0.15) is 0 Å². The zero-order valence-electron chi connectivity index (χ0n) is 8.88. The third-order valence-electron chi connectivity index (χ3n) is 5.63. The van der Waals surface area contributed by atoms with Gasteiger partial charge in [0.15, 0.2) is 0 Å². The summed E-state index contributed by atoms with van der Waals surface area (Å²) in [7, 11) is 0. The molecule has 1 N–H and O–H groups in total. The van der Waals surface area contributed by atoms with Crippen LogP contribution in [0, 0.1) is 17.3 Å². The van der Waals surface area contributed by atoms with Crippen molar-refractivity contribution >= 4 is 6.41 Å². The summed E-state index contributed by atoms with van der Waals surface area (Å²) < 4.78 is 0. The van der Waals surface area contributed by atoms with E-state index in [4.69, 9.17) is 0 Å². The number of nitrogens with one attached hydrogen (secondary N) is 1. The summed E-state index contributed by atoms with van der Waals surface area (Å²) in [4.78, 5) is 10.8. The molecule has 2 heteroatoms. The molecule has 3 rings (SSSR count). The monoisotopic (exact) mass is 193 g/mol. The van der Waals surface area contributed by atoms with Gasteiger partial charge in [-0.15, -0.1) is 0 Å². The van der Waals surface area contributed by atoms with Crippen LogP contribution in [0.4, 0.5) is 0 Å². The van der Waals surface area contributed by atoms with Crippen molar-refractivity contribution in [3.05, 3.63) is 0 Å². The van der Waals surface area contributed by atoms with Crippen LogP contribution >= 0.6 is 0 Å². The van der Waals surface area contributed by atoms with Gasteiger partial charge in [-0.3, -0.25) is 4.79 Å². The van der Waals surface area contributed by atoms with Crippen molar-refractivity contribution in [2.75, 3.05) is 0 Å². The lowest BCUT2D eigenvalue weighted by Gasteiger charge is -2.47. The molecule has 0 aromatic heterocycles. The predicted octanol–water partition coefficient (Wildman–Crippen LogP) is 2.09. The first-order valence-corrected chi connectivity index (χ1v) is 5.94. The topological polar surface area (TPSA) is 29.1 Å². The van der Waals surface area contributed by atoms with Crippen LogP contribution in [0.3, 0.4) is 0 Å². The molecule has 2 bridgehead atoms. The molecule has 0 heterocycles. The Morgan fingerprint density at radius 1 is 1.29 bits per heavy atom. The summed E-state index contributed by atoms with van der Waals surface area (Å²) >= 11 is 0. The molecular weight excluding hydrogens is 174 g/mol. The third kappa shape index (κ3) is 0.731. The van der Waals surface area contributed by atoms with Gasteiger partial charge in [-0.1, -0.05) is 13.3 Å². The molecule has 0 radical (unpaired) electrons. The van der Waals surface area contributed by atoms with Crippen LogP contribution in [-0.4, -0.2) is 11.9 Å². The lowest BCUT2D eigenvalue weighted by molar-refractivity contribution is -0.113. The van der Waals surface area contributed by atoms with Gasteiger partial charge in [0.25, 0.3) is 0 Å². The molecule has 0 aromatic rings. The van der Waals surface area contributed by atoms with Gasteiger partial charge in [-0.25, -0.2) is 0 Å². The Kier molecular flexibility index (Phi) is 1.58. The number of amides is 1. The van der Waals surface area contributed by atoms with Gasteiger partial charge in [0.05, 0.1) is 0 Å². The Balaban J connectivity index is 2.03. The van der Waals surface area contributed by atoms with E-state index in [1.165, 1.54) is 38.5 Å². The third-order valence-corrected chi connectivity index (χ3v) is 5.63. The van der Waals surface area contributed by atoms with Gasteiger partial charge in [0.2, 0.25) is 6.41 Å². The molecule has 78 valence electrons. The highest BCUT2D eigenvalue weighted by Gasteiger charge is 2.66. The number of hydrogen-bond donors (Lipinski definition) is 1. The molecule has 0 spiro atoms. The van der Waals surface area contributed by atoms with E-state index in [0.717, 1.165) is 18.2 Å². The fourth-order valence-electron chi connectivity index (χ4n) is 4.95. The summed E-state index contributed by atoms with van der Waals surface area (Å²) in [5, 5.41) is 3.21. The van der Waals surface area contributed by atoms with Gasteiger partial charge >= 0.3 is 0 Å². The molecule has 14 heavy (non-hydrogen) atoms. The van der Waals surface area contributed by atoms with E-state index in [-0.39, 0.29) is 5.54 Å². The van der Waals surface area contributed by atoms with Crippen LogP contribution in [0.1, 0.15) is 45.4 Å². The average Bonchev–Trinajstić information content (AvgIpc) is 2.76. The number of fused-ring (bicyclic) bond motifs is 5. The zero-order chi connectivity index (χ0) is 9.81. The molecule has 3 fully saturated rings. The highest BCUT2D eigenvalue weighted by atomic mass is 16.1. The largest absolute Gasteiger partial charge is 0.352 e. The van der Waals surface area contributed by atoms with E-state index in [9.17, 15) is 4.79 Å². The van der Waals surface area contributed by atoms with E-state index in [1.807, 2.05) is 0 Å². The number of rotatable bonds is 2. The predicted molar refractivity (Wildman–Crippen MR) is 54.7 cm³/mol. The Hall–Kier alpha value is -0.530. The van der Waals surface area contributed by atoms with Crippen molar-refractivity contribution in [3.8, 4) is 0 Å². The number of carbonyl (C=O) groups excluding carboxylic acids is 1. The van der Waals surface area contributed by atoms with Crippen LogP contribution in [0.25, 0.3) is 0 Å². The maximum absolute atomic E-state index is 10.8. The fourth-order valence-corrected chi connectivity index (χ4v) is 4.95. The van der Waals surface area contributed by atoms with Crippen LogP contribution in [-0.2, 0) is 4.79 Å². The molecule has 1 amide bonds. The second-order valence-electron chi connectivity index (χ2n) is 5.71. The standard InChI is InChI=1S/C12H19NO/c1-11-5-2-6-12(11,13-8-14)10-4-3-9(11)7-10/h8-10H,2-7H2,1H3,(H,13,14). The summed E-state index contributed by atoms with van der Waals surface area (Å²) in [6, 6.07) is 0. The molecule has 3 aliphatic carbocycles. The maximum Gasteiger partial charge on any atom is 0.207 e. The van der Waals surface area contributed by atoms with Crippen LogP contribution in [0.2, 0.25) is 0 Å². The second-order valence-corrected chi connectivity index (χ2v) is 5.71. The molecule has 0 aliphatic heterocycles. The summed E-state index contributed by atoms with van der Waals surface area (Å²) in [6.45, 7) is 2.42. The summed E-state index contributed by atoms with van der Waals surface area (Å²) in [6.07, 6.45) is 8.94. The molecule has 3 aliphatic rings. The van der Waals surface area contributed by atoms with Gasteiger partial charge in [0.1, 0.15) is 0 Å². The molecule has 0 saturated heterocycles. The molecule has 4 unspecified atom stereocenters. The SMILES string of the molecule is CC12CCCC1(NC=O)C1CCC2C1. The van der Waals surface area contributed by atoms with E-state index >= 15 is 0 Å². The Morgan fingerprint density at radius 2 is 2.07 bits per heavy atom. The fraction of sp³-hybridized carbons (Fsp3) is 0.917. The Bertz CT molecular complexity index is 277. The van der Waals surface area contributed by atoms with E-state index in [0.29, 0.717) is 5.41 Å². The minimum Gasteiger partial charge on any atom is -0.352 e. The van der Waals surface area contributed by atoms with Crippen molar-refractivity contribution in [1.29, 1.82) is 0 Å².